The first kappa shape index (κ1) is 22.4. The number of hydrogen-bond donors (Lipinski definition) is 1. The van der Waals surface area contributed by atoms with Crippen LogP contribution in [0.2, 0.25) is 0 Å². The summed E-state index contributed by atoms with van der Waals surface area (Å²) >= 11 is 0. The van der Waals surface area contributed by atoms with Crippen molar-refractivity contribution in [2.24, 2.45) is 4.99 Å². The fraction of sp³-hybridized carbons (Fsp3) is 0.0800. The van der Waals surface area contributed by atoms with Gasteiger partial charge in [0.05, 0.1) is 37.0 Å². The summed E-state index contributed by atoms with van der Waals surface area (Å²) in [7, 11) is 1.53. The molecule has 0 radical (unpaired) electrons. The maximum absolute atomic E-state index is 14.5. The van der Waals surface area contributed by atoms with E-state index in [0.717, 1.165) is 10.9 Å². The van der Waals surface area contributed by atoms with Crippen molar-refractivity contribution in [3.63, 3.8) is 0 Å². The molecule has 4 rings (SSSR count). The molecule has 0 atom stereocenters. The van der Waals surface area contributed by atoms with Gasteiger partial charge in [0.15, 0.2) is 17.4 Å². The van der Waals surface area contributed by atoms with Crippen molar-refractivity contribution in [3.05, 3.63) is 90.7 Å². The highest BCUT2D eigenvalue weighted by molar-refractivity contribution is 5.92. The van der Waals surface area contributed by atoms with Gasteiger partial charge in [-0.1, -0.05) is 30.8 Å². The molecule has 2 heterocycles. The largest absolute Gasteiger partial charge is 0.491 e. The number of hydrogen-bond acceptors (Lipinski definition) is 7. The quantitative estimate of drug-likeness (QED) is 0.388. The molecule has 0 spiro atoms. The second-order valence-electron chi connectivity index (χ2n) is 7.04. The Morgan fingerprint density at radius 1 is 1.29 bits per heavy atom. The molecule has 1 N–H and O–H groups in total. The second-order valence-corrected chi connectivity index (χ2v) is 7.04. The summed E-state index contributed by atoms with van der Waals surface area (Å²) < 4.78 is 21.6. The zero-order valence-corrected chi connectivity index (χ0v) is 18.3. The summed E-state index contributed by atoms with van der Waals surface area (Å²) in [6, 6.07) is 13.9. The highest BCUT2D eigenvalue weighted by Gasteiger charge is 2.17. The monoisotopic (exact) mass is 453 g/mol. The lowest BCUT2D eigenvalue weighted by Crippen LogP contribution is -2.05. The molecule has 0 aliphatic carbocycles. The van der Waals surface area contributed by atoms with E-state index in [2.05, 4.69) is 26.9 Å². The van der Waals surface area contributed by atoms with E-state index in [1.807, 2.05) is 30.3 Å². The van der Waals surface area contributed by atoms with Gasteiger partial charge in [0.25, 0.3) is 0 Å². The van der Waals surface area contributed by atoms with Gasteiger partial charge in [-0.2, -0.15) is 10.4 Å². The van der Waals surface area contributed by atoms with Gasteiger partial charge in [0.2, 0.25) is 0 Å². The summed E-state index contributed by atoms with van der Waals surface area (Å²) in [5, 5.41) is 17.6. The molecule has 2 aromatic carbocycles. The smallest absolute Gasteiger partial charge is 0.183 e. The van der Waals surface area contributed by atoms with Crippen LogP contribution in [0.3, 0.4) is 0 Å². The molecule has 2 aromatic heterocycles. The minimum atomic E-state index is -0.459. The summed E-state index contributed by atoms with van der Waals surface area (Å²) in [6.45, 7) is 3.70. The molecule has 0 saturated heterocycles. The van der Waals surface area contributed by atoms with Crippen LogP contribution in [-0.4, -0.2) is 33.1 Å². The SMILES string of the molecule is C=CN=C/C=C/Nc1nc(-c2nn(Cc3ccc(C#N)cc3F)c3ccccc23)ncc1OC. The van der Waals surface area contributed by atoms with E-state index in [-0.39, 0.29) is 12.1 Å². The number of anilines is 1. The van der Waals surface area contributed by atoms with Crippen LogP contribution < -0.4 is 10.1 Å². The normalized spacial score (nSPS) is 11.2. The fourth-order valence-corrected chi connectivity index (χ4v) is 3.34. The van der Waals surface area contributed by atoms with Gasteiger partial charge in [-0.3, -0.25) is 9.67 Å². The highest BCUT2D eigenvalue weighted by atomic mass is 19.1. The van der Waals surface area contributed by atoms with Crippen LogP contribution in [0, 0.1) is 17.1 Å². The number of fused-ring (bicyclic) bond motifs is 1. The Labute approximate surface area is 195 Å². The molecule has 0 saturated carbocycles. The van der Waals surface area contributed by atoms with E-state index in [0.29, 0.717) is 28.6 Å². The Morgan fingerprint density at radius 2 is 2.15 bits per heavy atom. The van der Waals surface area contributed by atoms with E-state index < -0.39 is 5.82 Å². The van der Waals surface area contributed by atoms with Crippen LogP contribution in [0.5, 0.6) is 5.75 Å². The number of methoxy groups -OCH3 is 1. The average molecular weight is 453 g/mol. The molecule has 0 aliphatic rings. The molecular weight excluding hydrogens is 433 g/mol. The Balaban J connectivity index is 1.73. The van der Waals surface area contributed by atoms with E-state index in [9.17, 15) is 4.39 Å². The lowest BCUT2D eigenvalue weighted by atomic mass is 10.1. The third kappa shape index (κ3) is 4.66. The molecule has 34 heavy (non-hydrogen) atoms. The third-order valence-electron chi connectivity index (χ3n) is 4.94. The van der Waals surface area contributed by atoms with E-state index in [4.69, 9.17) is 15.1 Å². The van der Waals surface area contributed by atoms with Crippen LogP contribution >= 0.6 is 0 Å². The average Bonchev–Trinajstić information content (AvgIpc) is 3.23. The van der Waals surface area contributed by atoms with Gasteiger partial charge in [-0.05, 0) is 24.3 Å². The Morgan fingerprint density at radius 3 is 2.91 bits per heavy atom. The maximum Gasteiger partial charge on any atom is 0.183 e. The van der Waals surface area contributed by atoms with Gasteiger partial charge >= 0.3 is 0 Å². The van der Waals surface area contributed by atoms with Crippen LogP contribution in [0.4, 0.5) is 10.2 Å². The number of para-hydroxylation sites is 1. The van der Waals surface area contributed by atoms with Crippen molar-refractivity contribution in [1.82, 2.24) is 19.7 Å². The van der Waals surface area contributed by atoms with Crippen molar-refractivity contribution in [3.8, 4) is 23.3 Å². The number of nitriles is 1. The van der Waals surface area contributed by atoms with E-state index in [1.165, 1.54) is 19.4 Å². The molecule has 4 aromatic rings. The number of halogens is 1. The molecule has 0 amide bonds. The zero-order valence-electron chi connectivity index (χ0n) is 18.3. The van der Waals surface area contributed by atoms with Gasteiger partial charge < -0.3 is 10.1 Å². The Hall–Kier alpha value is -4.84. The lowest BCUT2D eigenvalue weighted by molar-refractivity contribution is 0.413. The van der Waals surface area contributed by atoms with Crippen LogP contribution in [0.1, 0.15) is 11.1 Å². The molecule has 0 unspecified atom stereocenters. The second kappa shape index (κ2) is 10.2. The molecule has 8 nitrogen and oxygen atoms in total. The van der Waals surface area contributed by atoms with Crippen molar-refractivity contribution in [2.75, 3.05) is 12.4 Å². The summed E-state index contributed by atoms with van der Waals surface area (Å²) in [5.41, 5.74) is 2.04. The number of benzene rings is 2. The molecule has 9 heteroatoms. The zero-order chi connectivity index (χ0) is 23.9. The minimum absolute atomic E-state index is 0.185. The first-order valence-corrected chi connectivity index (χ1v) is 10.3. The number of nitrogens with one attached hydrogen (secondary N) is 1. The number of rotatable bonds is 8. The molecule has 0 fully saturated rings. The van der Waals surface area contributed by atoms with Gasteiger partial charge in [0.1, 0.15) is 11.5 Å². The van der Waals surface area contributed by atoms with Crippen LogP contribution in [-0.2, 0) is 6.54 Å². The number of aliphatic imine (C=N–C) groups is 1. The molecule has 168 valence electrons. The first-order valence-electron chi connectivity index (χ1n) is 10.3. The third-order valence-corrected chi connectivity index (χ3v) is 4.94. The minimum Gasteiger partial charge on any atom is -0.491 e. The predicted molar refractivity (Wildman–Crippen MR) is 129 cm³/mol. The van der Waals surface area contributed by atoms with Crippen molar-refractivity contribution >= 4 is 22.9 Å². The van der Waals surface area contributed by atoms with Gasteiger partial charge in [-0.25, -0.2) is 14.4 Å². The highest BCUT2D eigenvalue weighted by Crippen LogP contribution is 2.29. The van der Waals surface area contributed by atoms with E-state index >= 15 is 0 Å². The van der Waals surface area contributed by atoms with Crippen LogP contribution in [0.25, 0.3) is 22.4 Å². The van der Waals surface area contributed by atoms with Crippen molar-refractivity contribution in [2.45, 2.75) is 6.54 Å². The first-order chi connectivity index (χ1) is 16.6. The number of nitrogens with zero attached hydrogens (tertiary/aromatic N) is 6. The fourth-order valence-electron chi connectivity index (χ4n) is 3.34. The Bertz CT molecular complexity index is 1450. The number of ether oxygens (including phenoxy) is 1. The predicted octanol–water partition coefficient (Wildman–Crippen LogP) is 4.70. The summed E-state index contributed by atoms with van der Waals surface area (Å²) in [4.78, 5) is 12.9. The maximum atomic E-state index is 14.5. The summed E-state index contributed by atoms with van der Waals surface area (Å²) in [5.74, 6) is 0.829. The number of allylic oxidation sites excluding steroid dienone is 1. The molecule has 0 bridgehead atoms. The molecular formula is C25H20FN7O. The van der Waals surface area contributed by atoms with Gasteiger partial charge in [-0.15, -0.1) is 0 Å². The van der Waals surface area contributed by atoms with Gasteiger partial charge in [0, 0.05) is 29.6 Å². The topological polar surface area (TPSA) is 101 Å². The summed E-state index contributed by atoms with van der Waals surface area (Å²) in [6.07, 6.45) is 7.92. The lowest BCUT2D eigenvalue weighted by Gasteiger charge is -2.08. The van der Waals surface area contributed by atoms with Crippen LogP contribution in [0.15, 0.2) is 78.7 Å². The number of aromatic nitrogens is 4. The standard InChI is InChI=1S/C25H20FN7O/c1-3-28-11-6-12-29-24-22(34-2)15-30-25(31-24)23-19-7-4-5-8-21(19)33(32-23)16-18-10-9-17(14-27)13-20(18)26/h3-13,15H,1,16H2,2H3,(H,29,30,31)/b12-6+,28-11?. The van der Waals surface area contributed by atoms with Crippen molar-refractivity contribution < 1.29 is 9.13 Å². The molecule has 0 aliphatic heterocycles. The Kier molecular flexibility index (Phi) is 6.70. The van der Waals surface area contributed by atoms with E-state index in [1.54, 1.807) is 41.5 Å². The van der Waals surface area contributed by atoms with Crippen molar-refractivity contribution in [1.29, 1.82) is 5.26 Å².